The minimum absolute atomic E-state index is 0.171. The zero-order valence-corrected chi connectivity index (χ0v) is 10.0. The van der Waals surface area contributed by atoms with E-state index in [0.717, 1.165) is 18.9 Å². The van der Waals surface area contributed by atoms with Crippen LogP contribution in [0.4, 0.5) is 0 Å². The highest BCUT2D eigenvalue weighted by atomic mass is 16.5. The molecule has 0 aromatic rings. The molecule has 1 fully saturated rings. The van der Waals surface area contributed by atoms with Crippen LogP contribution in [0, 0.1) is 5.92 Å². The smallest absolute Gasteiger partial charge is 0.328 e. The van der Waals surface area contributed by atoms with Gasteiger partial charge in [0.15, 0.2) is 0 Å². The van der Waals surface area contributed by atoms with Crippen molar-refractivity contribution < 1.29 is 19.7 Å². The Kier molecular flexibility index (Phi) is 4.10. The number of ether oxygens (including phenoxy) is 1. The second-order valence-electron chi connectivity index (χ2n) is 4.70. The van der Waals surface area contributed by atoms with Gasteiger partial charge in [0.05, 0.1) is 12.2 Å². The summed E-state index contributed by atoms with van der Waals surface area (Å²) in [6.07, 6.45) is 3.94. The quantitative estimate of drug-likeness (QED) is 0.717. The van der Waals surface area contributed by atoms with E-state index in [4.69, 9.17) is 9.84 Å². The summed E-state index contributed by atoms with van der Waals surface area (Å²) >= 11 is 0. The molecular formula is C12H20O4. The molecule has 4 nitrogen and oxygen atoms in total. The highest BCUT2D eigenvalue weighted by molar-refractivity contribution is 5.79. The van der Waals surface area contributed by atoms with E-state index < -0.39 is 11.6 Å². The van der Waals surface area contributed by atoms with Crippen LogP contribution in [-0.2, 0) is 9.53 Å². The number of carboxylic acids is 1. The number of rotatable bonds is 4. The molecule has 0 bridgehead atoms. The second kappa shape index (κ2) is 4.97. The summed E-state index contributed by atoms with van der Waals surface area (Å²) < 4.78 is 5.73. The van der Waals surface area contributed by atoms with Crippen molar-refractivity contribution in [2.24, 2.45) is 5.92 Å². The standard InChI is InChI=1S/C12H20O4/c1-4-9-7-8(2)11(16-9)12(3,15)6-5-10(13)14/h5-6,8-9,11,15H,4,7H2,1-3H3,(H,13,14)/b6-5+/t8-,9+,11+,12-/m0/s1. The monoisotopic (exact) mass is 228 g/mol. The third kappa shape index (κ3) is 3.06. The maximum absolute atomic E-state index is 10.4. The van der Waals surface area contributed by atoms with E-state index in [9.17, 15) is 9.90 Å². The van der Waals surface area contributed by atoms with Crippen LogP contribution in [0.2, 0.25) is 0 Å². The third-order valence-electron chi connectivity index (χ3n) is 3.09. The minimum atomic E-state index is -1.22. The van der Waals surface area contributed by atoms with E-state index in [1.807, 2.05) is 13.8 Å². The lowest BCUT2D eigenvalue weighted by Gasteiger charge is -2.29. The van der Waals surface area contributed by atoms with E-state index in [2.05, 4.69) is 0 Å². The van der Waals surface area contributed by atoms with Gasteiger partial charge in [-0.15, -0.1) is 0 Å². The molecule has 1 saturated heterocycles. The summed E-state index contributed by atoms with van der Waals surface area (Å²) in [4.78, 5) is 10.4. The molecule has 1 aliphatic heterocycles. The van der Waals surface area contributed by atoms with Crippen molar-refractivity contribution in [3.63, 3.8) is 0 Å². The molecule has 2 N–H and O–H groups in total. The number of aliphatic hydroxyl groups is 1. The molecule has 0 aromatic carbocycles. The summed E-state index contributed by atoms with van der Waals surface area (Å²) in [5, 5.41) is 18.7. The van der Waals surface area contributed by atoms with Crippen LogP contribution >= 0.6 is 0 Å². The Hall–Kier alpha value is -0.870. The molecule has 1 heterocycles. The fraction of sp³-hybridized carbons (Fsp3) is 0.750. The lowest BCUT2D eigenvalue weighted by Crippen LogP contribution is -2.40. The molecule has 0 amide bonds. The van der Waals surface area contributed by atoms with Crippen molar-refractivity contribution in [2.75, 3.05) is 0 Å². The van der Waals surface area contributed by atoms with Crippen LogP contribution in [-0.4, -0.2) is 34.0 Å². The Morgan fingerprint density at radius 3 is 2.69 bits per heavy atom. The average Bonchev–Trinajstić information content (AvgIpc) is 2.57. The van der Waals surface area contributed by atoms with Gasteiger partial charge in [-0.2, -0.15) is 0 Å². The van der Waals surface area contributed by atoms with Gasteiger partial charge >= 0.3 is 5.97 Å². The van der Waals surface area contributed by atoms with Crippen molar-refractivity contribution in [3.05, 3.63) is 12.2 Å². The van der Waals surface area contributed by atoms with Gasteiger partial charge in [0.25, 0.3) is 0 Å². The molecular weight excluding hydrogens is 208 g/mol. The molecule has 1 aliphatic rings. The topological polar surface area (TPSA) is 66.8 Å². The van der Waals surface area contributed by atoms with Gasteiger partial charge in [-0.3, -0.25) is 0 Å². The van der Waals surface area contributed by atoms with Crippen LogP contribution in [0.15, 0.2) is 12.2 Å². The number of carbonyl (C=O) groups is 1. The van der Waals surface area contributed by atoms with Gasteiger partial charge in [0, 0.05) is 6.08 Å². The van der Waals surface area contributed by atoms with Gasteiger partial charge in [-0.1, -0.05) is 13.8 Å². The Labute approximate surface area is 95.9 Å². The Morgan fingerprint density at radius 1 is 1.62 bits per heavy atom. The molecule has 0 unspecified atom stereocenters. The van der Waals surface area contributed by atoms with Crippen LogP contribution < -0.4 is 0 Å². The first-order valence-corrected chi connectivity index (χ1v) is 5.66. The maximum atomic E-state index is 10.4. The second-order valence-corrected chi connectivity index (χ2v) is 4.70. The molecule has 4 atom stereocenters. The highest BCUT2D eigenvalue weighted by Gasteiger charge is 2.41. The van der Waals surface area contributed by atoms with Gasteiger partial charge in [-0.05, 0) is 31.8 Å². The molecule has 1 rings (SSSR count). The van der Waals surface area contributed by atoms with Crippen molar-refractivity contribution in [3.8, 4) is 0 Å². The minimum Gasteiger partial charge on any atom is -0.478 e. The van der Waals surface area contributed by atoms with E-state index >= 15 is 0 Å². The van der Waals surface area contributed by atoms with Crippen LogP contribution in [0.1, 0.15) is 33.6 Å². The van der Waals surface area contributed by atoms with Crippen LogP contribution in [0.3, 0.4) is 0 Å². The molecule has 0 aromatic heterocycles. The number of aliphatic carboxylic acids is 1. The summed E-state index contributed by atoms with van der Waals surface area (Å²) in [5.74, 6) is -0.823. The predicted octanol–water partition coefficient (Wildman–Crippen LogP) is 1.58. The predicted molar refractivity (Wildman–Crippen MR) is 60.1 cm³/mol. The lowest BCUT2D eigenvalue weighted by molar-refractivity contribution is -0.131. The van der Waals surface area contributed by atoms with Gasteiger partial charge in [-0.25, -0.2) is 4.79 Å². The van der Waals surface area contributed by atoms with E-state index in [-0.39, 0.29) is 18.1 Å². The fourth-order valence-electron chi connectivity index (χ4n) is 2.25. The third-order valence-corrected chi connectivity index (χ3v) is 3.09. The van der Waals surface area contributed by atoms with Gasteiger partial charge in [0.1, 0.15) is 5.60 Å². The van der Waals surface area contributed by atoms with Crippen LogP contribution in [0.25, 0.3) is 0 Å². The van der Waals surface area contributed by atoms with Crippen molar-refractivity contribution in [2.45, 2.75) is 51.4 Å². The normalized spacial score (nSPS) is 34.1. The number of hydrogen-bond donors (Lipinski definition) is 2. The molecule has 0 radical (unpaired) electrons. The maximum Gasteiger partial charge on any atom is 0.328 e. The van der Waals surface area contributed by atoms with Crippen molar-refractivity contribution in [1.82, 2.24) is 0 Å². The lowest BCUT2D eigenvalue weighted by atomic mass is 9.88. The zero-order chi connectivity index (χ0) is 12.3. The zero-order valence-electron chi connectivity index (χ0n) is 10.0. The molecule has 16 heavy (non-hydrogen) atoms. The Balaban J connectivity index is 2.72. The first kappa shape index (κ1) is 13.2. The van der Waals surface area contributed by atoms with Gasteiger partial charge in [0.2, 0.25) is 0 Å². The first-order valence-electron chi connectivity index (χ1n) is 5.66. The first-order chi connectivity index (χ1) is 7.36. The summed E-state index contributed by atoms with van der Waals surface area (Å²) in [6, 6.07) is 0. The van der Waals surface area contributed by atoms with Crippen LogP contribution in [0.5, 0.6) is 0 Å². The van der Waals surface area contributed by atoms with E-state index in [0.29, 0.717) is 0 Å². The molecule has 92 valence electrons. The highest BCUT2D eigenvalue weighted by Crippen LogP contribution is 2.34. The number of hydrogen-bond acceptors (Lipinski definition) is 3. The average molecular weight is 228 g/mol. The Bertz CT molecular complexity index is 283. The number of carboxylic acid groups (broad SMARTS) is 1. The summed E-state index contributed by atoms with van der Waals surface area (Å²) in [5.41, 5.74) is -1.22. The Morgan fingerprint density at radius 2 is 2.25 bits per heavy atom. The molecule has 0 spiro atoms. The van der Waals surface area contributed by atoms with E-state index in [1.54, 1.807) is 6.92 Å². The summed E-state index contributed by atoms with van der Waals surface area (Å²) in [7, 11) is 0. The molecule has 4 heteroatoms. The summed E-state index contributed by atoms with van der Waals surface area (Å²) in [6.45, 7) is 5.65. The van der Waals surface area contributed by atoms with E-state index in [1.165, 1.54) is 6.08 Å². The fourth-order valence-corrected chi connectivity index (χ4v) is 2.25. The SMILES string of the molecule is CC[C@@H]1C[C@H](C)[C@H]([C@@](C)(O)/C=C/C(=O)O)O1. The molecule has 0 aliphatic carbocycles. The van der Waals surface area contributed by atoms with Crippen molar-refractivity contribution >= 4 is 5.97 Å². The van der Waals surface area contributed by atoms with Crippen molar-refractivity contribution in [1.29, 1.82) is 0 Å². The largest absolute Gasteiger partial charge is 0.478 e. The van der Waals surface area contributed by atoms with Gasteiger partial charge < -0.3 is 14.9 Å². The molecule has 0 saturated carbocycles.